The lowest BCUT2D eigenvalue weighted by Crippen LogP contribution is -2.12. The maximum atomic E-state index is 6.03. The maximum Gasteiger partial charge on any atom is 0.0720 e. The topological polar surface area (TPSA) is 21.3 Å². The van der Waals surface area contributed by atoms with Crippen molar-refractivity contribution < 1.29 is 4.74 Å². The van der Waals surface area contributed by atoms with E-state index in [0.717, 1.165) is 6.61 Å². The highest BCUT2D eigenvalue weighted by atomic mass is 35.5. The summed E-state index contributed by atoms with van der Waals surface area (Å²) >= 11 is 17.9. The fourth-order valence-electron chi connectivity index (χ4n) is 1.28. The van der Waals surface area contributed by atoms with Crippen LogP contribution >= 0.6 is 34.8 Å². The van der Waals surface area contributed by atoms with Crippen molar-refractivity contribution in [1.29, 1.82) is 0 Å². The number of ether oxygens (including phenoxy) is 1. The van der Waals surface area contributed by atoms with E-state index in [1.807, 2.05) is 0 Å². The zero-order valence-electron chi connectivity index (χ0n) is 9.90. The third kappa shape index (κ3) is 5.35. The summed E-state index contributed by atoms with van der Waals surface area (Å²) in [7, 11) is 0. The van der Waals surface area contributed by atoms with Gasteiger partial charge in [-0.15, -0.1) is 0 Å². The second kappa shape index (κ2) is 7.32. The first kappa shape index (κ1) is 14.9. The van der Waals surface area contributed by atoms with Crippen molar-refractivity contribution in [2.24, 2.45) is 5.92 Å². The molecule has 2 nitrogen and oxygen atoms in total. The Morgan fingerprint density at radius 3 is 2.29 bits per heavy atom. The Morgan fingerprint density at radius 1 is 1.18 bits per heavy atom. The van der Waals surface area contributed by atoms with Crippen LogP contribution in [0.1, 0.15) is 13.8 Å². The number of anilines is 1. The summed E-state index contributed by atoms with van der Waals surface area (Å²) in [6.07, 6.45) is 0. The molecule has 0 aromatic heterocycles. The third-order valence-corrected chi connectivity index (χ3v) is 2.82. The van der Waals surface area contributed by atoms with E-state index in [0.29, 0.717) is 39.8 Å². The van der Waals surface area contributed by atoms with Crippen LogP contribution in [0, 0.1) is 5.92 Å². The van der Waals surface area contributed by atoms with Gasteiger partial charge in [0.25, 0.3) is 0 Å². The molecule has 0 saturated heterocycles. The first-order valence-corrected chi connectivity index (χ1v) is 6.60. The van der Waals surface area contributed by atoms with Crippen molar-refractivity contribution in [3.05, 3.63) is 27.2 Å². The van der Waals surface area contributed by atoms with Gasteiger partial charge in [-0.2, -0.15) is 0 Å². The van der Waals surface area contributed by atoms with Gasteiger partial charge in [-0.05, 0) is 18.1 Å². The fourth-order valence-corrected chi connectivity index (χ4v) is 2.23. The molecule has 0 fully saturated rings. The van der Waals surface area contributed by atoms with Crippen LogP contribution in [-0.2, 0) is 4.74 Å². The highest BCUT2D eigenvalue weighted by Gasteiger charge is 2.06. The molecule has 0 atom stereocenters. The summed E-state index contributed by atoms with van der Waals surface area (Å²) in [6.45, 7) is 6.26. The van der Waals surface area contributed by atoms with Crippen LogP contribution in [0.4, 0.5) is 5.69 Å². The zero-order chi connectivity index (χ0) is 12.8. The molecule has 0 aliphatic carbocycles. The normalized spacial score (nSPS) is 10.9. The Balaban J connectivity index is 2.42. The third-order valence-electron chi connectivity index (χ3n) is 2.01. The van der Waals surface area contributed by atoms with E-state index in [1.165, 1.54) is 0 Å². The van der Waals surface area contributed by atoms with Gasteiger partial charge in [0.15, 0.2) is 0 Å². The predicted molar refractivity (Wildman–Crippen MR) is 75.6 cm³/mol. The number of halogens is 3. The molecular weight excluding hydrogens is 280 g/mol. The van der Waals surface area contributed by atoms with E-state index in [9.17, 15) is 0 Å². The van der Waals surface area contributed by atoms with Gasteiger partial charge in [-0.1, -0.05) is 48.7 Å². The van der Waals surface area contributed by atoms with Crippen LogP contribution in [0.25, 0.3) is 0 Å². The fraction of sp³-hybridized carbons (Fsp3) is 0.500. The van der Waals surface area contributed by atoms with Gasteiger partial charge in [0.1, 0.15) is 0 Å². The average Bonchev–Trinajstić information content (AvgIpc) is 2.20. The van der Waals surface area contributed by atoms with Gasteiger partial charge < -0.3 is 10.1 Å². The van der Waals surface area contributed by atoms with Crippen LogP contribution in [0.2, 0.25) is 15.1 Å². The second-order valence-electron chi connectivity index (χ2n) is 4.14. The zero-order valence-corrected chi connectivity index (χ0v) is 12.2. The van der Waals surface area contributed by atoms with E-state index in [2.05, 4.69) is 19.2 Å². The molecule has 0 heterocycles. The molecule has 0 aliphatic rings. The van der Waals surface area contributed by atoms with Crippen molar-refractivity contribution in [2.75, 3.05) is 25.1 Å². The highest BCUT2D eigenvalue weighted by Crippen LogP contribution is 2.33. The molecule has 0 unspecified atom stereocenters. The van der Waals surface area contributed by atoms with E-state index >= 15 is 0 Å². The van der Waals surface area contributed by atoms with E-state index in [4.69, 9.17) is 39.5 Å². The molecular formula is C12H16Cl3NO. The molecule has 5 heteroatoms. The largest absolute Gasteiger partial charge is 0.380 e. The molecule has 0 radical (unpaired) electrons. The Labute approximate surface area is 117 Å². The van der Waals surface area contributed by atoms with Gasteiger partial charge in [0.05, 0.1) is 22.3 Å². The summed E-state index contributed by atoms with van der Waals surface area (Å²) < 4.78 is 5.45. The molecule has 0 bridgehead atoms. The van der Waals surface area contributed by atoms with E-state index < -0.39 is 0 Å². The highest BCUT2D eigenvalue weighted by molar-refractivity contribution is 6.41. The quantitative estimate of drug-likeness (QED) is 0.766. The van der Waals surface area contributed by atoms with Crippen LogP contribution in [0.5, 0.6) is 0 Å². The molecule has 17 heavy (non-hydrogen) atoms. The smallest absolute Gasteiger partial charge is 0.0720 e. The Bertz CT molecular complexity index is 346. The lowest BCUT2D eigenvalue weighted by molar-refractivity contribution is 0.118. The SMILES string of the molecule is CC(C)COCCNc1c(Cl)cc(Cl)cc1Cl. The molecule has 1 rings (SSSR count). The van der Waals surface area contributed by atoms with Gasteiger partial charge in [0.2, 0.25) is 0 Å². The van der Waals surface area contributed by atoms with E-state index in [-0.39, 0.29) is 0 Å². The van der Waals surface area contributed by atoms with Gasteiger partial charge in [-0.3, -0.25) is 0 Å². The standard InChI is InChI=1S/C12H16Cl3NO/c1-8(2)7-17-4-3-16-12-10(14)5-9(13)6-11(12)15/h5-6,8,16H,3-4,7H2,1-2H3. The Morgan fingerprint density at radius 2 is 1.76 bits per heavy atom. The monoisotopic (exact) mass is 295 g/mol. The number of hydrogen-bond acceptors (Lipinski definition) is 2. The summed E-state index contributed by atoms with van der Waals surface area (Å²) in [5, 5.41) is 4.70. The minimum atomic E-state index is 0.520. The van der Waals surface area contributed by atoms with Crippen LogP contribution < -0.4 is 5.32 Å². The lowest BCUT2D eigenvalue weighted by Gasteiger charge is -2.12. The van der Waals surface area contributed by atoms with Gasteiger partial charge in [-0.25, -0.2) is 0 Å². The molecule has 1 aromatic rings. The van der Waals surface area contributed by atoms with Crippen LogP contribution in [0.3, 0.4) is 0 Å². The minimum absolute atomic E-state index is 0.520. The van der Waals surface area contributed by atoms with Crippen molar-refractivity contribution in [1.82, 2.24) is 0 Å². The summed E-state index contributed by atoms with van der Waals surface area (Å²) in [4.78, 5) is 0. The van der Waals surface area contributed by atoms with E-state index in [1.54, 1.807) is 12.1 Å². The summed E-state index contributed by atoms with van der Waals surface area (Å²) in [5.41, 5.74) is 0.700. The Hall–Kier alpha value is -0.150. The van der Waals surface area contributed by atoms with Crippen LogP contribution in [0.15, 0.2) is 12.1 Å². The van der Waals surface area contributed by atoms with Gasteiger partial charge in [0, 0.05) is 18.2 Å². The summed E-state index contributed by atoms with van der Waals surface area (Å²) in [5.74, 6) is 0.540. The predicted octanol–water partition coefficient (Wildman–Crippen LogP) is 4.73. The molecule has 0 saturated carbocycles. The van der Waals surface area contributed by atoms with Crippen LogP contribution in [-0.4, -0.2) is 19.8 Å². The average molecular weight is 297 g/mol. The molecule has 1 aromatic carbocycles. The van der Waals surface area contributed by atoms with Crippen molar-refractivity contribution in [2.45, 2.75) is 13.8 Å². The van der Waals surface area contributed by atoms with Crippen molar-refractivity contribution in [3.8, 4) is 0 Å². The lowest BCUT2D eigenvalue weighted by atomic mass is 10.2. The number of benzene rings is 1. The first-order chi connectivity index (χ1) is 8.00. The summed E-state index contributed by atoms with van der Waals surface area (Å²) in [6, 6.07) is 3.32. The molecule has 0 spiro atoms. The van der Waals surface area contributed by atoms with Crippen molar-refractivity contribution in [3.63, 3.8) is 0 Å². The molecule has 1 N–H and O–H groups in total. The number of hydrogen-bond donors (Lipinski definition) is 1. The maximum absolute atomic E-state index is 6.03. The molecule has 0 amide bonds. The first-order valence-electron chi connectivity index (χ1n) is 5.47. The number of nitrogens with one attached hydrogen (secondary N) is 1. The molecule has 96 valence electrons. The van der Waals surface area contributed by atoms with Crippen molar-refractivity contribution >= 4 is 40.5 Å². The number of rotatable bonds is 6. The minimum Gasteiger partial charge on any atom is -0.380 e. The molecule has 0 aliphatic heterocycles. The van der Waals surface area contributed by atoms with Gasteiger partial charge >= 0.3 is 0 Å². The Kier molecular flexibility index (Phi) is 6.42. The second-order valence-corrected chi connectivity index (χ2v) is 5.39.